The van der Waals surface area contributed by atoms with E-state index in [2.05, 4.69) is 15.5 Å². The first-order chi connectivity index (χ1) is 4.52. The fraction of sp³-hybridized carbons (Fsp3) is 0.500. The molecule has 0 aliphatic carbocycles. The Morgan fingerprint density at radius 3 is 2.10 bits per heavy atom. The Hall–Kier alpha value is 0.230. The zero-order chi connectivity index (χ0) is 7.78. The Morgan fingerprint density at radius 2 is 1.90 bits per heavy atom. The van der Waals surface area contributed by atoms with E-state index >= 15 is 0 Å². The Kier molecular flexibility index (Phi) is 2.24. The SMILES string of the molecule is Clc1nnnn1C(Cl)(Cl)Cl. The lowest BCUT2D eigenvalue weighted by atomic mass is 11.2. The van der Waals surface area contributed by atoms with Crippen molar-refractivity contribution >= 4 is 46.4 Å². The first-order valence-corrected chi connectivity index (χ1v) is 3.54. The molecule has 0 aromatic carbocycles. The van der Waals surface area contributed by atoms with Crippen molar-refractivity contribution in [3.8, 4) is 0 Å². The van der Waals surface area contributed by atoms with Crippen molar-refractivity contribution in [2.75, 3.05) is 0 Å². The minimum Gasteiger partial charge on any atom is -0.165 e. The maximum absolute atomic E-state index is 5.40. The largest absolute Gasteiger partial charge is 0.291 e. The lowest BCUT2D eigenvalue weighted by Crippen LogP contribution is -2.14. The fourth-order valence-electron chi connectivity index (χ4n) is 0.331. The van der Waals surface area contributed by atoms with Gasteiger partial charge in [0, 0.05) is 0 Å². The summed E-state index contributed by atoms with van der Waals surface area (Å²) < 4.78 is -0.861. The Morgan fingerprint density at radius 1 is 1.30 bits per heavy atom. The third kappa shape index (κ3) is 1.63. The van der Waals surface area contributed by atoms with Gasteiger partial charge in [-0.15, -0.1) is 0 Å². The third-order valence-electron chi connectivity index (χ3n) is 0.672. The highest BCUT2D eigenvalue weighted by atomic mass is 35.6. The lowest BCUT2D eigenvalue weighted by Gasteiger charge is -2.08. The molecule has 8 heteroatoms. The van der Waals surface area contributed by atoms with Gasteiger partial charge in [0.2, 0.25) is 5.28 Å². The second-order valence-electron chi connectivity index (χ2n) is 1.33. The van der Waals surface area contributed by atoms with Crippen molar-refractivity contribution in [2.45, 2.75) is 3.92 Å². The molecule has 56 valence electrons. The molecule has 1 heterocycles. The summed E-state index contributed by atoms with van der Waals surface area (Å²) in [6, 6.07) is 0. The molecule has 0 aliphatic rings. The average molecular weight is 222 g/mol. The number of nitrogens with zero attached hydrogens (tertiary/aromatic N) is 4. The van der Waals surface area contributed by atoms with Gasteiger partial charge < -0.3 is 0 Å². The van der Waals surface area contributed by atoms with E-state index in [4.69, 9.17) is 46.4 Å². The van der Waals surface area contributed by atoms with Crippen molar-refractivity contribution in [3.63, 3.8) is 0 Å². The molecule has 1 aromatic heterocycles. The Balaban J connectivity index is 3.05. The Labute approximate surface area is 76.0 Å². The molecule has 1 rings (SSSR count). The van der Waals surface area contributed by atoms with Gasteiger partial charge in [-0.3, -0.25) is 0 Å². The summed E-state index contributed by atoms with van der Waals surface area (Å²) in [6.07, 6.45) is 0. The van der Waals surface area contributed by atoms with Crippen molar-refractivity contribution in [1.82, 2.24) is 20.2 Å². The van der Waals surface area contributed by atoms with Crippen LogP contribution >= 0.6 is 46.4 Å². The highest BCUT2D eigenvalue weighted by Gasteiger charge is 2.26. The van der Waals surface area contributed by atoms with Crippen LogP contribution < -0.4 is 0 Å². The van der Waals surface area contributed by atoms with E-state index in [-0.39, 0.29) is 5.28 Å². The molecular weight excluding hydrogens is 222 g/mol. The van der Waals surface area contributed by atoms with E-state index < -0.39 is 3.92 Å². The van der Waals surface area contributed by atoms with E-state index in [1.54, 1.807) is 0 Å². The molecule has 10 heavy (non-hydrogen) atoms. The molecule has 0 aliphatic heterocycles. The molecule has 0 unspecified atom stereocenters. The van der Waals surface area contributed by atoms with Crippen LogP contribution in [0.15, 0.2) is 0 Å². The molecule has 0 amide bonds. The summed E-state index contributed by atoms with van der Waals surface area (Å²) in [5, 5.41) is 9.71. The first-order valence-electron chi connectivity index (χ1n) is 2.03. The van der Waals surface area contributed by atoms with Crippen LogP contribution in [-0.2, 0) is 3.92 Å². The topological polar surface area (TPSA) is 43.6 Å². The van der Waals surface area contributed by atoms with E-state index in [0.717, 1.165) is 4.68 Å². The molecule has 1 aromatic rings. The van der Waals surface area contributed by atoms with Crippen molar-refractivity contribution in [2.24, 2.45) is 0 Å². The van der Waals surface area contributed by atoms with Gasteiger partial charge in [0.15, 0.2) is 0 Å². The average Bonchev–Trinajstić information content (AvgIpc) is 2.11. The predicted octanol–water partition coefficient (Wildman–Crippen LogP) is 1.61. The number of alkyl halides is 3. The minimum absolute atomic E-state index is 0.0694. The molecular formula is C2Cl4N4. The van der Waals surface area contributed by atoms with Crippen molar-refractivity contribution in [3.05, 3.63) is 5.28 Å². The zero-order valence-electron chi connectivity index (χ0n) is 4.30. The summed E-state index contributed by atoms with van der Waals surface area (Å²) in [5.74, 6) is 0. The van der Waals surface area contributed by atoms with E-state index in [1.807, 2.05) is 0 Å². The lowest BCUT2D eigenvalue weighted by molar-refractivity contribution is 0.637. The van der Waals surface area contributed by atoms with Gasteiger partial charge >= 0.3 is 0 Å². The number of halogens is 4. The van der Waals surface area contributed by atoms with Crippen LogP contribution in [0.3, 0.4) is 0 Å². The molecule has 0 bridgehead atoms. The molecule has 0 radical (unpaired) electrons. The third-order valence-corrected chi connectivity index (χ3v) is 1.39. The second-order valence-corrected chi connectivity index (χ2v) is 3.89. The van der Waals surface area contributed by atoms with E-state index in [1.165, 1.54) is 0 Å². The van der Waals surface area contributed by atoms with E-state index in [9.17, 15) is 0 Å². The highest BCUT2D eigenvalue weighted by Crippen LogP contribution is 2.32. The summed E-state index contributed by atoms with van der Waals surface area (Å²) in [6.45, 7) is 0. The van der Waals surface area contributed by atoms with Crippen LogP contribution in [-0.4, -0.2) is 20.2 Å². The minimum atomic E-state index is -1.72. The summed E-state index contributed by atoms with van der Waals surface area (Å²) in [4.78, 5) is 0. The predicted molar refractivity (Wildman–Crippen MR) is 38.4 cm³/mol. The second kappa shape index (κ2) is 2.70. The van der Waals surface area contributed by atoms with Gasteiger partial charge in [0.1, 0.15) is 0 Å². The number of rotatable bonds is 0. The fourth-order valence-corrected chi connectivity index (χ4v) is 0.997. The van der Waals surface area contributed by atoms with Crippen LogP contribution in [0.5, 0.6) is 0 Å². The van der Waals surface area contributed by atoms with Gasteiger partial charge in [0.05, 0.1) is 0 Å². The summed E-state index contributed by atoms with van der Waals surface area (Å²) >= 11 is 21.5. The highest BCUT2D eigenvalue weighted by molar-refractivity contribution is 6.64. The smallest absolute Gasteiger partial charge is 0.165 e. The van der Waals surface area contributed by atoms with Crippen LogP contribution in [0.25, 0.3) is 0 Å². The summed E-state index contributed by atoms with van der Waals surface area (Å²) in [5.41, 5.74) is 0. The molecule has 0 spiro atoms. The normalized spacial score (nSPS) is 12.0. The summed E-state index contributed by atoms with van der Waals surface area (Å²) in [7, 11) is 0. The van der Waals surface area contributed by atoms with Crippen LogP contribution in [0.4, 0.5) is 0 Å². The van der Waals surface area contributed by atoms with Gasteiger partial charge in [-0.25, -0.2) is 0 Å². The number of aromatic nitrogens is 4. The number of hydrogen-bond donors (Lipinski definition) is 0. The van der Waals surface area contributed by atoms with Crippen LogP contribution in [0.2, 0.25) is 5.28 Å². The van der Waals surface area contributed by atoms with E-state index in [0.29, 0.717) is 0 Å². The quantitative estimate of drug-likeness (QED) is 0.626. The maximum Gasteiger partial charge on any atom is 0.291 e. The molecule has 0 N–H and O–H groups in total. The molecule has 0 fully saturated rings. The van der Waals surface area contributed by atoms with Gasteiger partial charge in [-0.1, -0.05) is 39.9 Å². The monoisotopic (exact) mass is 220 g/mol. The first kappa shape index (κ1) is 8.33. The molecule has 0 saturated carbocycles. The zero-order valence-corrected chi connectivity index (χ0v) is 7.32. The van der Waals surface area contributed by atoms with Crippen molar-refractivity contribution in [1.29, 1.82) is 0 Å². The molecule has 0 saturated heterocycles. The molecule has 4 nitrogen and oxygen atoms in total. The Bertz CT molecular complexity index is 225. The molecule has 0 atom stereocenters. The standard InChI is InChI=1S/C2Cl4N4/c3-1-7-8-9-10(1)2(4,5)6. The van der Waals surface area contributed by atoms with Gasteiger partial charge in [-0.2, -0.15) is 4.68 Å². The number of tetrazole rings is 1. The van der Waals surface area contributed by atoms with Crippen LogP contribution in [0, 0.1) is 0 Å². The van der Waals surface area contributed by atoms with Gasteiger partial charge in [-0.05, 0) is 22.0 Å². The maximum atomic E-state index is 5.40. The van der Waals surface area contributed by atoms with Crippen molar-refractivity contribution < 1.29 is 0 Å². The van der Waals surface area contributed by atoms with Crippen LogP contribution in [0.1, 0.15) is 0 Å². The number of hydrogen-bond acceptors (Lipinski definition) is 3. The van der Waals surface area contributed by atoms with Gasteiger partial charge in [0.25, 0.3) is 3.92 Å².